The Morgan fingerprint density at radius 1 is 1.25 bits per heavy atom. The number of aromatic nitrogens is 2. The van der Waals surface area contributed by atoms with Gasteiger partial charge in [-0.25, -0.2) is 0 Å². The zero-order valence-corrected chi connectivity index (χ0v) is 16.7. The first-order chi connectivity index (χ1) is 13.7. The van der Waals surface area contributed by atoms with Gasteiger partial charge in [0.25, 0.3) is 5.91 Å². The standard InChI is InChI=1S/C21H23N3O3S/c1-2-24(13-19-22-21(23-27-19)18-11-6-12-28-18)20(25)14-26-17-10-5-8-15-7-3-4-9-16(15)17/h5-6,8,10-12H,2-4,7,9,13-14H2,1H3. The predicted molar refractivity (Wildman–Crippen MR) is 107 cm³/mol. The number of carbonyl (C=O) groups excluding carboxylic acids is 1. The number of carbonyl (C=O) groups is 1. The Balaban J connectivity index is 1.38. The Labute approximate surface area is 168 Å². The Hall–Kier alpha value is -2.67. The van der Waals surface area contributed by atoms with Crippen LogP contribution in [0.2, 0.25) is 0 Å². The second-order valence-corrected chi connectivity index (χ2v) is 7.73. The number of rotatable bonds is 7. The zero-order valence-electron chi connectivity index (χ0n) is 15.9. The van der Waals surface area contributed by atoms with E-state index in [0.717, 1.165) is 23.5 Å². The minimum atomic E-state index is -0.0909. The van der Waals surface area contributed by atoms with Crippen LogP contribution >= 0.6 is 11.3 Å². The molecule has 0 radical (unpaired) electrons. The van der Waals surface area contributed by atoms with E-state index in [1.807, 2.05) is 36.6 Å². The number of nitrogens with zero attached hydrogens (tertiary/aromatic N) is 3. The lowest BCUT2D eigenvalue weighted by Crippen LogP contribution is -2.34. The molecular formula is C21H23N3O3S. The quantitative estimate of drug-likeness (QED) is 0.600. The summed E-state index contributed by atoms with van der Waals surface area (Å²) in [5.74, 6) is 1.72. The number of fused-ring (bicyclic) bond motifs is 1. The molecule has 0 spiro atoms. The third-order valence-electron chi connectivity index (χ3n) is 4.97. The molecule has 0 aliphatic heterocycles. The molecule has 0 saturated carbocycles. The van der Waals surface area contributed by atoms with Crippen molar-refractivity contribution in [1.82, 2.24) is 15.0 Å². The summed E-state index contributed by atoms with van der Waals surface area (Å²) in [7, 11) is 0. The van der Waals surface area contributed by atoms with Crippen LogP contribution in [0.15, 0.2) is 40.2 Å². The van der Waals surface area contributed by atoms with Crippen molar-refractivity contribution in [3.05, 3.63) is 52.7 Å². The Bertz CT molecular complexity index is 936. The minimum Gasteiger partial charge on any atom is -0.483 e. The number of aryl methyl sites for hydroxylation is 1. The first kappa shape index (κ1) is 18.7. The minimum absolute atomic E-state index is 0.0101. The summed E-state index contributed by atoms with van der Waals surface area (Å²) < 4.78 is 11.2. The summed E-state index contributed by atoms with van der Waals surface area (Å²) in [6.07, 6.45) is 4.50. The maximum absolute atomic E-state index is 12.7. The molecule has 6 nitrogen and oxygen atoms in total. The topological polar surface area (TPSA) is 68.5 Å². The highest BCUT2D eigenvalue weighted by molar-refractivity contribution is 7.13. The Kier molecular flexibility index (Phi) is 5.71. The van der Waals surface area contributed by atoms with Gasteiger partial charge in [0.05, 0.1) is 4.88 Å². The van der Waals surface area contributed by atoms with Crippen molar-refractivity contribution in [3.63, 3.8) is 0 Å². The summed E-state index contributed by atoms with van der Waals surface area (Å²) in [4.78, 5) is 19.7. The molecule has 4 rings (SSSR count). The summed E-state index contributed by atoms with van der Waals surface area (Å²) >= 11 is 1.55. The molecule has 0 fully saturated rings. The number of benzene rings is 1. The van der Waals surface area contributed by atoms with Crippen LogP contribution < -0.4 is 4.74 Å². The molecule has 0 unspecified atom stereocenters. The lowest BCUT2D eigenvalue weighted by atomic mass is 9.91. The molecule has 3 aromatic rings. The molecule has 2 aromatic heterocycles. The van der Waals surface area contributed by atoms with Gasteiger partial charge in [-0.15, -0.1) is 11.3 Å². The molecular weight excluding hydrogens is 374 g/mol. The molecule has 2 heterocycles. The van der Waals surface area contributed by atoms with Crippen molar-refractivity contribution in [2.24, 2.45) is 0 Å². The molecule has 1 aliphatic carbocycles. The van der Waals surface area contributed by atoms with Gasteiger partial charge in [-0.1, -0.05) is 23.4 Å². The van der Waals surface area contributed by atoms with Gasteiger partial charge in [0, 0.05) is 6.54 Å². The number of amides is 1. The highest BCUT2D eigenvalue weighted by Crippen LogP contribution is 2.29. The second-order valence-electron chi connectivity index (χ2n) is 6.79. The average Bonchev–Trinajstić information content (AvgIpc) is 3.42. The fourth-order valence-electron chi connectivity index (χ4n) is 3.48. The lowest BCUT2D eigenvalue weighted by Gasteiger charge is -2.22. The molecule has 146 valence electrons. The smallest absolute Gasteiger partial charge is 0.260 e. The van der Waals surface area contributed by atoms with Crippen molar-refractivity contribution < 1.29 is 14.1 Å². The van der Waals surface area contributed by atoms with E-state index in [0.29, 0.717) is 18.3 Å². The van der Waals surface area contributed by atoms with Crippen LogP contribution in [0.4, 0.5) is 0 Å². The number of hydrogen-bond acceptors (Lipinski definition) is 6. The molecule has 7 heteroatoms. The molecule has 0 atom stereocenters. The van der Waals surface area contributed by atoms with Crippen molar-refractivity contribution in [2.45, 2.75) is 39.2 Å². The highest BCUT2D eigenvalue weighted by Gasteiger charge is 2.19. The monoisotopic (exact) mass is 397 g/mol. The predicted octanol–water partition coefficient (Wildman–Crippen LogP) is 4.10. The van der Waals surface area contributed by atoms with Gasteiger partial charge in [0.2, 0.25) is 11.7 Å². The van der Waals surface area contributed by atoms with E-state index in [4.69, 9.17) is 9.26 Å². The Morgan fingerprint density at radius 3 is 2.96 bits per heavy atom. The number of likely N-dealkylation sites (N-methyl/N-ethyl adjacent to an activating group) is 1. The van der Waals surface area contributed by atoms with Crippen molar-refractivity contribution in [2.75, 3.05) is 13.2 Å². The van der Waals surface area contributed by atoms with Gasteiger partial charge in [-0.05, 0) is 61.2 Å². The number of hydrogen-bond donors (Lipinski definition) is 0. The Morgan fingerprint density at radius 2 is 2.14 bits per heavy atom. The molecule has 28 heavy (non-hydrogen) atoms. The second kappa shape index (κ2) is 8.56. The van der Waals surface area contributed by atoms with Gasteiger partial charge >= 0.3 is 0 Å². The van der Waals surface area contributed by atoms with Crippen molar-refractivity contribution in [1.29, 1.82) is 0 Å². The number of thiophene rings is 1. The van der Waals surface area contributed by atoms with E-state index >= 15 is 0 Å². The van der Waals surface area contributed by atoms with Crippen molar-refractivity contribution in [3.8, 4) is 16.5 Å². The van der Waals surface area contributed by atoms with Gasteiger partial charge in [-0.3, -0.25) is 4.79 Å². The maximum atomic E-state index is 12.7. The third-order valence-corrected chi connectivity index (χ3v) is 5.84. The fourth-order valence-corrected chi connectivity index (χ4v) is 4.13. The molecule has 1 aromatic carbocycles. The van der Waals surface area contributed by atoms with Crippen LogP contribution in [0.3, 0.4) is 0 Å². The van der Waals surface area contributed by atoms with Gasteiger partial charge in [0.1, 0.15) is 12.3 Å². The van der Waals surface area contributed by atoms with Crippen LogP contribution in [0.25, 0.3) is 10.7 Å². The van der Waals surface area contributed by atoms with E-state index in [1.165, 1.54) is 24.0 Å². The fraction of sp³-hybridized carbons (Fsp3) is 0.381. The van der Waals surface area contributed by atoms with Crippen LogP contribution in [0.5, 0.6) is 5.75 Å². The first-order valence-electron chi connectivity index (χ1n) is 9.62. The largest absolute Gasteiger partial charge is 0.483 e. The zero-order chi connectivity index (χ0) is 19.3. The summed E-state index contributed by atoms with van der Waals surface area (Å²) in [6, 6.07) is 10.0. The average molecular weight is 398 g/mol. The summed E-state index contributed by atoms with van der Waals surface area (Å²) in [5.41, 5.74) is 2.60. The lowest BCUT2D eigenvalue weighted by molar-refractivity contribution is -0.134. The molecule has 1 amide bonds. The molecule has 0 bridgehead atoms. The number of ether oxygens (including phenoxy) is 1. The van der Waals surface area contributed by atoms with Gasteiger partial charge in [0.15, 0.2) is 6.61 Å². The van der Waals surface area contributed by atoms with E-state index in [9.17, 15) is 4.79 Å². The van der Waals surface area contributed by atoms with Crippen LogP contribution in [0.1, 0.15) is 36.8 Å². The molecule has 0 saturated heterocycles. The molecule has 0 N–H and O–H groups in total. The third kappa shape index (κ3) is 4.09. The van der Waals surface area contributed by atoms with E-state index in [1.54, 1.807) is 16.2 Å². The first-order valence-corrected chi connectivity index (χ1v) is 10.5. The SMILES string of the molecule is CCN(Cc1nc(-c2cccs2)no1)C(=O)COc1cccc2c1CCCC2. The van der Waals surface area contributed by atoms with E-state index in [-0.39, 0.29) is 19.1 Å². The van der Waals surface area contributed by atoms with E-state index in [2.05, 4.69) is 16.2 Å². The van der Waals surface area contributed by atoms with Crippen LogP contribution in [-0.4, -0.2) is 34.1 Å². The van der Waals surface area contributed by atoms with Crippen molar-refractivity contribution >= 4 is 17.2 Å². The van der Waals surface area contributed by atoms with Crippen LogP contribution in [0, 0.1) is 0 Å². The summed E-state index contributed by atoms with van der Waals surface area (Å²) in [6.45, 7) is 2.77. The van der Waals surface area contributed by atoms with Gasteiger partial charge < -0.3 is 14.2 Å². The normalized spacial score (nSPS) is 13.2. The van der Waals surface area contributed by atoms with Gasteiger partial charge in [-0.2, -0.15) is 4.98 Å². The highest BCUT2D eigenvalue weighted by atomic mass is 32.1. The summed E-state index contributed by atoms with van der Waals surface area (Å²) in [5, 5.41) is 5.97. The molecule has 1 aliphatic rings. The van der Waals surface area contributed by atoms with E-state index < -0.39 is 0 Å². The van der Waals surface area contributed by atoms with Crippen LogP contribution in [-0.2, 0) is 24.2 Å². The maximum Gasteiger partial charge on any atom is 0.260 e.